The molecule has 2 fully saturated rings. The Morgan fingerprint density at radius 1 is 0.893 bits per heavy atom. The first-order valence-corrected chi connectivity index (χ1v) is 20.3. The van der Waals surface area contributed by atoms with Crippen LogP contribution in [0.2, 0.25) is 0 Å². The average molecular weight is 819 g/mol. The number of aliphatic imine (C=N–C) groups is 1. The Hall–Kier alpha value is -5.51. The highest BCUT2D eigenvalue weighted by atomic mass is 33.1. The number of hydrogen-bond acceptors (Lipinski definition) is 11. The van der Waals surface area contributed by atoms with Gasteiger partial charge in [0.05, 0.1) is 13.0 Å². The predicted molar refractivity (Wildman–Crippen MR) is 207 cm³/mol. The number of hydrogen-bond donors (Lipinski definition) is 10. The Labute approximate surface area is 328 Å². The molecule has 0 radical (unpaired) electrons. The lowest BCUT2D eigenvalue weighted by Gasteiger charge is -2.30. The summed E-state index contributed by atoms with van der Waals surface area (Å²) in [5, 5.41) is 32.7. The van der Waals surface area contributed by atoms with Gasteiger partial charge in [0.2, 0.25) is 35.4 Å². The number of nitrogens with two attached hydrogens (primary N) is 2. The number of para-hydroxylation sites is 1. The monoisotopic (exact) mass is 818 g/mol. The van der Waals surface area contributed by atoms with Crippen molar-refractivity contribution in [3.63, 3.8) is 0 Å². The second-order valence-electron chi connectivity index (χ2n) is 13.1. The molecule has 1 aromatic heterocycles. The van der Waals surface area contributed by atoms with Crippen LogP contribution in [0.4, 0.5) is 0 Å². The number of carbonyl (C=O) groups excluding carboxylic acids is 6. The minimum Gasteiger partial charge on any atom is -0.481 e. The first-order valence-electron chi connectivity index (χ1n) is 17.8. The molecule has 12 N–H and O–H groups in total. The molecule has 3 heterocycles. The molecular weight excluding hydrogens is 773 g/mol. The van der Waals surface area contributed by atoms with E-state index in [4.69, 9.17) is 11.5 Å². The molecule has 5 atom stereocenters. The molecule has 2 aromatic rings. The first kappa shape index (κ1) is 43.2. The fourth-order valence-corrected chi connectivity index (χ4v) is 8.35. The average Bonchev–Trinajstić information content (AvgIpc) is 3.81. The largest absolute Gasteiger partial charge is 0.481 e. The summed E-state index contributed by atoms with van der Waals surface area (Å²) >= 11 is 0. The van der Waals surface area contributed by atoms with Crippen molar-refractivity contribution in [2.75, 3.05) is 31.1 Å². The van der Waals surface area contributed by atoms with Crippen molar-refractivity contribution in [1.82, 2.24) is 36.5 Å². The normalized spacial score (nSPS) is 23.9. The summed E-state index contributed by atoms with van der Waals surface area (Å²) in [6, 6.07) is 0.634. The van der Waals surface area contributed by atoms with Gasteiger partial charge in [0.25, 0.3) is 0 Å². The van der Waals surface area contributed by atoms with Crippen LogP contribution >= 0.6 is 21.6 Å². The molecule has 6 amide bonds. The van der Waals surface area contributed by atoms with Crippen LogP contribution in [-0.2, 0) is 44.8 Å². The number of amides is 6. The van der Waals surface area contributed by atoms with E-state index in [9.17, 15) is 48.6 Å². The van der Waals surface area contributed by atoms with E-state index in [1.165, 1.54) is 15.7 Å². The summed E-state index contributed by atoms with van der Waals surface area (Å²) in [5.41, 5.74) is 12.1. The van der Waals surface area contributed by atoms with Gasteiger partial charge in [0.15, 0.2) is 5.96 Å². The van der Waals surface area contributed by atoms with Crippen LogP contribution in [0.1, 0.15) is 44.1 Å². The molecule has 1 unspecified atom stereocenters. The number of fused-ring (bicyclic) bond motifs is 2. The second kappa shape index (κ2) is 21.0. The van der Waals surface area contributed by atoms with Crippen LogP contribution in [0, 0.1) is 0 Å². The molecule has 0 spiro atoms. The highest BCUT2D eigenvalue weighted by Crippen LogP contribution is 2.25. The number of carbonyl (C=O) groups is 8. The van der Waals surface area contributed by atoms with Crippen molar-refractivity contribution in [2.45, 2.75) is 75.2 Å². The number of benzene rings is 1. The number of aromatic amines is 1. The molecule has 22 heteroatoms. The molecule has 1 aromatic carbocycles. The standard InChI is InChI=1S/C34H46N10O10S2/c35-34(36)37-10-3-7-21-29(49)39-16-27(46)41-22(14-28(47)48)30(50)42-23(13-18-15-38-20-6-2-1-5-19(18)20)32(52)44-11-4-8-25(44)31(51)43-24(33(53)54)17-56-55-12-9-26(45)40-21/h1-2,5-6,15,21-25,38H,3-4,7-14,16-17H2,(H,39,49)(H,40,45)(H,41,46)(H,42,50)(H,43,51)(H,47,48)(H,53,54)(H4,35,36,37)/t21?,22-,23-,24-,25-/m0/s1. The quantitative estimate of drug-likeness (QED) is 0.0576. The number of rotatable bonds is 9. The van der Waals surface area contributed by atoms with Gasteiger partial charge in [-0.25, -0.2) is 4.79 Å². The van der Waals surface area contributed by atoms with E-state index in [1.54, 1.807) is 12.3 Å². The fraction of sp³-hybridized carbons (Fsp3) is 0.500. The zero-order chi connectivity index (χ0) is 40.8. The number of nitrogens with zero attached hydrogens (tertiary/aromatic N) is 2. The maximum absolute atomic E-state index is 14.3. The molecule has 2 aliphatic heterocycles. The third-order valence-corrected chi connectivity index (χ3v) is 11.4. The van der Waals surface area contributed by atoms with Gasteiger partial charge in [-0.1, -0.05) is 39.8 Å². The highest BCUT2D eigenvalue weighted by Gasteiger charge is 2.40. The van der Waals surface area contributed by atoms with Crippen molar-refractivity contribution in [3.8, 4) is 0 Å². The number of aliphatic carboxylic acids is 2. The third kappa shape index (κ3) is 12.8. The van der Waals surface area contributed by atoms with Crippen LogP contribution < -0.4 is 38.1 Å². The zero-order valence-electron chi connectivity index (χ0n) is 30.3. The zero-order valence-corrected chi connectivity index (χ0v) is 31.9. The minimum absolute atomic E-state index is 0.0647. The summed E-state index contributed by atoms with van der Waals surface area (Å²) in [7, 11) is 2.29. The Morgan fingerprint density at radius 3 is 2.38 bits per heavy atom. The van der Waals surface area contributed by atoms with Gasteiger partial charge in [0, 0.05) is 54.5 Å². The van der Waals surface area contributed by atoms with Gasteiger partial charge in [-0.3, -0.25) is 38.6 Å². The van der Waals surface area contributed by atoms with E-state index in [2.05, 4.69) is 36.6 Å². The summed E-state index contributed by atoms with van der Waals surface area (Å²) in [6.07, 6.45) is 1.58. The topological polar surface area (TPSA) is 321 Å². The van der Waals surface area contributed by atoms with Crippen molar-refractivity contribution < 1.29 is 48.6 Å². The molecule has 0 aliphatic carbocycles. The molecule has 304 valence electrons. The predicted octanol–water partition coefficient (Wildman–Crippen LogP) is -1.85. The van der Waals surface area contributed by atoms with Crippen LogP contribution in [0.5, 0.6) is 0 Å². The van der Waals surface area contributed by atoms with Gasteiger partial charge in [-0.2, -0.15) is 0 Å². The van der Waals surface area contributed by atoms with Gasteiger partial charge in [0.1, 0.15) is 30.2 Å². The van der Waals surface area contributed by atoms with Gasteiger partial charge < -0.3 is 58.1 Å². The molecule has 2 aliphatic rings. The van der Waals surface area contributed by atoms with Crippen LogP contribution in [0.3, 0.4) is 0 Å². The van der Waals surface area contributed by atoms with Gasteiger partial charge in [-0.05, 0) is 37.3 Å². The number of guanidine groups is 1. The molecule has 20 nitrogen and oxygen atoms in total. The fourth-order valence-electron chi connectivity index (χ4n) is 6.21. The lowest BCUT2D eigenvalue weighted by atomic mass is 10.0. The van der Waals surface area contributed by atoms with E-state index in [-0.39, 0.29) is 62.7 Å². The number of carboxylic acid groups (broad SMARTS) is 2. The molecule has 0 saturated carbocycles. The SMILES string of the molecule is NC(N)=NCCCC1NC(=O)CCSSC[C@@H](C(=O)O)NC(=O)[C@@H]2CCCN2C(=O)[C@H](Cc2c[nH]c3ccccc23)NC(=O)[C@H](CC(=O)O)NC(=O)CNC1=O. The number of nitrogens with one attached hydrogen (secondary N) is 6. The molecular formula is C34H46N10O10S2. The highest BCUT2D eigenvalue weighted by molar-refractivity contribution is 8.76. The lowest BCUT2D eigenvalue weighted by Crippen LogP contribution is -2.59. The third-order valence-electron chi connectivity index (χ3n) is 8.95. The molecule has 4 rings (SSSR count). The smallest absolute Gasteiger partial charge is 0.327 e. The molecule has 2 saturated heterocycles. The minimum atomic E-state index is -1.70. The van der Waals surface area contributed by atoms with E-state index < -0.39 is 90.6 Å². The van der Waals surface area contributed by atoms with Crippen molar-refractivity contribution >= 4 is 85.8 Å². The van der Waals surface area contributed by atoms with Crippen molar-refractivity contribution in [1.29, 1.82) is 0 Å². The first-order chi connectivity index (χ1) is 26.7. The summed E-state index contributed by atoms with van der Waals surface area (Å²) < 4.78 is 0. The van der Waals surface area contributed by atoms with Crippen molar-refractivity contribution in [2.24, 2.45) is 16.5 Å². The molecule has 0 bridgehead atoms. The van der Waals surface area contributed by atoms with E-state index in [0.717, 1.165) is 21.7 Å². The van der Waals surface area contributed by atoms with Crippen molar-refractivity contribution in [3.05, 3.63) is 36.0 Å². The van der Waals surface area contributed by atoms with Crippen LogP contribution in [-0.4, -0.2) is 135 Å². The van der Waals surface area contributed by atoms with E-state index in [0.29, 0.717) is 12.0 Å². The maximum Gasteiger partial charge on any atom is 0.327 e. The summed E-state index contributed by atoms with van der Waals surface area (Å²) in [6.45, 7) is -0.432. The second-order valence-corrected chi connectivity index (χ2v) is 15.7. The Morgan fingerprint density at radius 2 is 1.64 bits per heavy atom. The van der Waals surface area contributed by atoms with Crippen LogP contribution in [0.25, 0.3) is 10.9 Å². The van der Waals surface area contributed by atoms with E-state index in [1.807, 2.05) is 18.2 Å². The van der Waals surface area contributed by atoms with Gasteiger partial charge >= 0.3 is 11.9 Å². The Bertz CT molecular complexity index is 1820. The van der Waals surface area contributed by atoms with E-state index >= 15 is 0 Å². The Balaban J connectivity index is 1.63. The number of aromatic nitrogens is 1. The van der Waals surface area contributed by atoms with Crippen LogP contribution in [0.15, 0.2) is 35.5 Å². The lowest BCUT2D eigenvalue weighted by molar-refractivity contribution is -0.144. The summed E-state index contributed by atoms with van der Waals surface area (Å²) in [5.74, 6) is -7.37. The number of carboxylic acids is 2. The Kier molecular flexibility index (Phi) is 16.2. The maximum atomic E-state index is 14.3. The molecule has 56 heavy (non-hydrogen) atoms. The number of H-pyrrole nitrogens is 1. The van der Waals surface area contributed by atoms with Gasteiger partial charge in [-0.15, -0.1) is 0 Å². The summed E-state index contributed by atoms with van der Waals surface area (Å²) in [4.78, 5) is 113.